The van der Waals surface area contributed by atoms with Crippen molar-refractivity contribution in [1.29, 1.82) is 0 Å². The second kappa shape index (κ2) is 8.73. The Morgan fingerprint density at radius 3 is 2.71 bits per heavy atom. The van der Waals surface area contributed by atoms with Crippen LogP contribution < -0.4 is 10.1 Å². The van der Waals surface area contributed by atoms with Gasteiger partial charge in [-0.1, -0.05) is 28.1 Å². The van der Waals surface area contributed by atoms with Crippen LogP contribution in [0.15, 0.2) is 40.9 Å². The molecule has 0 radical (unpaired) electrons. The molecule has 0 spiro atoms. The van der Waals surface area contributed by atoms with Gasteiger partial charge in [0, 0.05) is 16.7 Å². The third kappa shape index (κ3) is 5.27. The molecule has 2 N–H and O–H groups in total. The third-order valence-corrected chi connectivity index (χ3v) is 4.19. The topological polar surface area (TPSA) is 58.6 Å². The van der Waals surface area contributed by atoms with Crippen molar-refractivity contribution >= 4 is 27.6 Å². The van der Waals surface area contributed by atoms with Crippen LogP contribution in [0.4, 0.5) is 5.69 Å². The summed E-state index contributed by atoms with van der Waals surface area (Å²) < 4.78 is 6.58. The molecular weight excluding hydrogens is 370 g/mol. The van der Waals surface area contributed by atoms with Gasteiger partial charge in [-0.15, -0.1) is 0 Å². The number of hydrogen-bond acceptors (Lipinski definition) is 3. The van der Waals surface area contributed by atoms with Gasteiger partial charge in [0.05, 0.1) is 12.2 Å². The monoisotopic (exact) mass is 391 g/mol. The maximum Gasteiger partial charge on any atom is 0.337 e. The molecule has 0 bridgehead atoms. The number of halogens is 1. The van der Waals surface area contributed by atoms with Crippen LogP contribution >= 0.6 is 15.9 Å². The zero-order chi connectivity index (χ0) is 17.5. The van der Waals surface area contributed by atoms with E-state index in [9.17, 15) is 9.90 Å². The van der Waals surface area contributed by atoms with Crippen LogP contribution in [0.1, 0.15) is 34.3 Å². The number of aromatic carboxylic acids is 1. The number of carboxylic acid groups (broad SMARTS) is 1. The van der Waals surface area contributed by atoms with Gasteiger partial charge in [-0.3, -0.25) is 0 Å². The molecule has 0 fully saturated rings. The average Bonchev–Trinajstić information content (AvgIpc) is 2.54. The number of rotatable bonds is 8. The van der Waals surface area contributed by atoms with Gasteiger partial charge in [0.15, 0.2) is 0 Å². The number of carboxylic acids is 1. The number of benzene rings is 2. The zero-order valence-electron chi connectivity index (χ0n) is 13.9. The minimum atomic E-state index is -0.933. The van der Waals surface area contributed by atoms with E-state index in [0.29, 0.717) is 18.8 Å². The van der Waals surface area contributed by atoms with Crippen LogP contribution in [0.3, 0.4) is 0 Å². The van der Waals surface area contributed by atoms with Gasteiger partial charge in [0.25, 0.3) is 0 Å². The Labute approximate surface area is 151 Å². The lowest BCUT2D eigenvalue weighted by Crippen LogP contribution is -2.09. The molecule has 128 valence electrons. The zero-order valence-corrected chi connectivity index (χ0v) is 15.5. The lowest BCUT2D eigenvalue weighted by atomic mass is 10.1. The van der Waals surface area contributed by atoms with Gasteiger partial charge in [-0.2, -0.15) is 0 Å². The van der Waals surface area contributed by atoms with Crippen molar-refractivity contribution in [2.24, 2.45) is 0 Å². The second-order valence-electron chi connectivity index (χ2n) is 5.75. The van der Waals surface area contributed by atoms with Crippen LogP contribution in [0.25, 0.3) is 0 Å². The van der Waals surface area contributed by atoms with Crippen molar-refractivity contribution in [3.63, 3.8) is 0 Å². The van der Waals surface area contributed by atoms with Gasteiger partial charge in [-0.05, 0) is 62.1 Å². The molecule has 4 nitrogen and oxygen atoms in total. The molecular formula is C19H22BrNO3. The minimum absolute atomic E-state index is 0.274. The fraction of sp³-hybridized carbons (Fsp3) is 0.316. The van der Waals surface area contributed by atoms with Crippen molar-refractivity contribution < 1.29 is 14.6 Å². The van der Waals surface area contributed by atoms with Gasteiger partial charge in [0.2, 0.25) is 0 Å². The van der Waals surface area contributed by atoms with E-state index in [0.717, 1.165) is 28.6 Å². The highest BCUT2D eigenvalue weighted by molar-refractivity contribution is 9.10. The van der Waals surface area contributed by atoms with E-state index in [1.807, 2.05) is 13.0 Å². The molecule has 0 saturated carbocycles. The van der Waals surface area contributed by atoms with E-state index in [1.54, 1.807) is 12.1 Å². The maximum atomic E-state index is 11.2. The number of ether oxygens (including phenoxy) is 1. The molecule has 2 rings (SSSR count). The Bertz CT molecular complexity index is 716. The SMILES string of the molecule is Cc1ccc(C)c(OCCCCNc2ccc(Br)cc2C(=O)O)c1. The summed E-state index contributed by atoms with van der Waals surface area (Å²) in [5.41, 5.74) is 3.24. The average molecular weight is 392 g/mol. The van der Waals surface area contributed by atoms with E-state index in [4.69, 9.17) is 4.74 Å². The van der Waals surface area contributed by atoms with E-state index < -0.39 is 5.97 Å². The van der Waals surface area contributed by atoms with Crippen molar-refractivity contribution in [3.8, 4) is 5.75 Å². The number of nitrogens with one attached hydrogen (secondary N) is 1. The molecule has 0 aliphatic rings. The Hall–Kier alpha value is -2.01. The molecule has 0 unspecified atom stereocenters. The van der Waals surface area contributed by atoms with Crippen LogP contribution in [-0.2, 0) is 0 Å². The van der Waals surface area contributed by atoms with Crippen LogP contribution in [0, 0.1) is 13.8 Å². The van der Waals surface area contributed by atoms with Crippen molar-refractivity contribution in [2.75, 3.05) is 18.5 Å². The minimum Gasteiger partial charge on any atom is -0.493 e. The van der Waals surface area contributed by atoms with Crippen LogP contribution in [0.2, 0.25) is 0 Å². The number of hydrogen-bond donors (Lipinski definition) is 2. The van der Waals surface area contributed by atoms with E-state index in [1.165, 1.54) is 5.56 Å². The maximum absolute atomic E-state index is 11.2. The van der Waals surface area contributed by atoms with E-state index in [2.05, 4.69) is 46.4 Å². The summed E-state index contributed by atoms with van der Waals surface area (Å²) in [6.45, 7) is 5.45. The van der Waals surface area contributed by atoms with Gasteiger partial charge < -0.3 is 15.2 Å². The number of carbonyl (C=O) groups is 1. The first kappa shape index (κ1) is 18.3. The summed E-state index contributed by atoms with van der Waals surface area (Å²) in [6, 6.07) is 11.4. The summed E-state index contributed by atoms with van der Waals surface area (Å²) in [7, 11) is 0. The molecule has 2 aromatic rings. The highest BCUT2D eigenvalue weighted by Crippen LogP contribution is 2.21. The van der Waals surface area contributed by atoms with Crippen molar-refractivity contribution in [1.82, 2.24) is 0 Å². The predicted molar refractivity (Wildman–Crippen MR) is 100 cm³/mol. The molecule has 2 aromatic carbocycles. The smallest absolute Gasteiger partial charge is 0.337 e. The fourth-order valence-electron chi connectivity index (χ4n) is 2.34. The molecule has 5 heteroatoms. The number of unbranched alkanes of at least 4 members (excludes halogenated alkanes) is 1. The third-order valence-electron chi connectivity index (χ3n) is 3.70. The lowest BCUT2D eigenvalue weighted by Gasteiger charge is -2.11. The number of aryl methyl sites for hydroxylation is 2. The van der Waals surface area contributed by atoms with Crippen molar-refractivity contribution in [3.05, 3.63) is 57.6 Å². The first-order chi connectivity index (χ1) is 11.5. The summed E-state index contributed by atoms with van der Waals surface area (Å²) in [5.74, 6) is 0.00101. The predicted octanol–water partition coefficient (Wildman–Crippen LogP) is 5.04. The molecule has 0 heterocycles. The highest BCUT2D eigenvalue weighted by Gasteiger charge is 2.10. The normalized spacial score (nSPS) is 10.5. The first-order valence-electron chi connectivity index (χ1n) is 7.94. The molecule has 0 atom stereocenters. The summed E-state index contributed by atoms with van der Waals surface area (Å²) in [6.07, 6.45) is 1.80. The fourth-order valence-corrected chi connectivity index (χ4v) is 2.70. The van der Waals surface area contributed by atoms with Gasteiger partial charge in [-0.25, -0.2) is 4.79 Å². The van der Waals surface area contributed by atoms with Crippen molar-refractivity contribution in [2.45, 2.75) is 26.7 Å². The van der Waals surface area contributed by atoms with E-state index >= 15 is 0 Å². The Morgan fingerprint density at radius 2 is 1.96 bits per heavy atom. The first-order valence-corrected chi connectivity index (χ1v) is 8.73. The molecule has 0 aliphatic carbocycles. The Balaban J connectivity index is 1.76. The summed E-state index contributed by atoms with van der Waals surface area (Å²) in [4.78, 5) is 11.2. The molecule has 0 aliphatic heterocycles. The Morgan fingerprint density at radius 1 is 1.17 bits per heavy atom. The standard InChI is InChI=1S/C19H22BrNO3/c1-13-5-6-14(2)18(11-13)24-10-4-3-9-21-17-8-7-15(20)12-16(17)19(22)23/h5-8,11-12,21H,3-4,9-10H2,1-2H3,(H,22,23). The van der Waals surface area contributed by atoms with Gasteiger partial charge in [0.1, 0.15) is 5.75 Å². The second-order valence-corrected chi connectivity index (χ2v) is 6.66. The summed E-state index contributed by atoms with van der Waals surface area (Å²) in [5, 5.41) is 12.4. The van der Waals surface area contributed by atoms with Gasteiger partial charge >= 0.3 is 5.97 Å². The molecule has 0 amide bonds. The highest BCUT2D eigenvalue weighted by atomic mass is 79.9. The van der Waals surface area contributed by atoms with E-state index in [-0.39, 0.29) is 5.56 Å². The molecule has 24 heavy (non-hydrogen) atoms. The largest absolute Gasteiger partial charge is 0.493 e. The quantitative estimate of drug-likeness (QED) is 0.619. The summed E-state index contributed by atoms with van der Waals surface area (Å²) >= 11 is 3.29. The molecule has 0 aromatic heterocycles. The van der Waals surface area contributed by atoms with Crippen LogP contribution in [-0.4, -0.2) is 24.2 Å². The lowest BCUT2D eigenvalue weighted by molar-refractivity contribution is 0.0698. The van der Waals surface area contributed by atoms with Crippen LogP contribution in [0.5, 0.6) is 5.75 Å². The Kier molecular flexibility index (Phi) is 6.67. The molecule has 0 saturated heterocycles. The number of anilines is 1.